The molecule has 0 saturated carbocycles. The predicted molar refractivity (Wildman–Crippen MR) is 117 cm³/mol. The number of fused-ring (bicyclic) bond motifs is 1. The first-order chi connectivity index (χ1) is 13.7. The number of rotatable bonds is 8. The minimum atomic E-state index is -0.832. The Bertz CT molecular complexity index is 718. The molecule has 0 aliphatic carbocycles. The molecule has 1 N–H and O–H groups in total. The van der Waals surface area contributed by atoms with Crippen molar-refractivity contribution in [1.82, 2.24) is 0 Å². The second kappa shape index (κ2) is 9.99. The average molecular weight is 405 g/mol. The highest BCUT2D eigenvalue weighted by molar-refractivity contribution is 5.92. The van der Waals surface area contributed by atoms with Crippen molar-refractivity contribution in [3.05, 3.63) is 23.3 Å². The summed E-state index contributed by atoms with van der Waals surface area (Å²) in [4.78, 5) is 28.3. The fourth-order valence-electron chi connectivity index (χ4n) is 3.91. The lowest BCUT2D eigenvalue weighted by Gasteiger charge is -2.36. The quantitative estimate of drug-likeness (QED) is 0.659. The number of benzene rings is 1. The van der Waals surface area contributed by atoms with Crippen molar-refractivity contribution in [2.24, 2.45) is 0 Å². The van der Waals surface area contributed by atoms with Gasteiger partial charge in [-0.05, 0) is 70.1 Å². The van der Waals surface area contributed by atoms with Gasteiger partial charge in [-0.3, -0.25) is 9.69 Å². The Kier molecular flexibility index (Phi) is 7.94. The number of hydrogen-bond acceptors (Lipinski definition) is 4. The molecule has 6 heteroatoms. The third kappa shape index (κ3) is 6.12. The van der Waals surface area contributed by atoms with Gasteiger partial charge in [0.05, 0.1) is 5.69 Å². The lowest BCUT2D eigenvalue weighted by atomic mass is 9.93. The summed E-state index contributed by atoms with van der Waals surface area (Å²) in [5, 5.41) is 9.18. The van der Waals surface area contributed by atoms with Crippen LogP contribution in [0.1, 0.15) is 71.4 Å². The van der Waals surface area contributed by atoms with E-state index in [9.17, 15) is 14.7 Å². The molecule has 0 unspecified atom stereocenters. The number of ether oxygens (including phenoxy) is 1. The Morgan fingerprint density at radius 1 is 1.17 bits per heavy atom. The fraction of sp³-hybridized carbons (Fsp3) is 0.652. The van der Waals surface area contributed by atoms with Gasteiger partial charge in [0.15, 0.2) is 0 Å². The number of carbonyl (C=O) groups excluding carboxylic acids is 1. The van der Waals surface area contributed by atoms with Gasteiger partial charge in [0, 0.05) is 31.7 Å². The highest BCUT2D eigenvalue weighted by Gasteiger charge is 2.31. The van der Waals surface area contributed by atoms with E-state index in [1.807, 2.05) is 26.8 Å². The molecule has 0 radical (unpaired) electrons. The zero-order chi connectivity index (χ0) is 21.6. The lowest BCUT2D eigenvalue weighted by molar-refractivity contribution is -0.136. The highest BCUT2D eigenvalue weighted by atomic mass is 16.6. The molecule has 1 aliphatic rings. The van der Waals surface area contributed by atoms with Crippen molar-refractivity contribution in [2.45, 2.75) is 78.7 Å². The van der Waals surface area contributed by atoms with Gasteiger partial charge < -0.3 is 14.7 Å². The van der Waals surface area contributed by atoms with E-state index in [-0.39, 0.29) is 12.5 Å². The maximum absolute atomic E-state index is 13.0. The number of nitrogens with zero attached hydrogens (tertiary/aromatic N) is 2. The molecule has 0 aromatic heterocycles. The number of amides is 1. The Balaban J connectivity index is 2.53. The van der Waals surface area contributed by atoms with Crippen LogP contribution in [0.2, 0.25) is 0 Å². The molecular formula is C23H36N2O4. The minimum Gasteiger partial charge on any atom is -0.481 e. The van der Waals surface area contributed by atoms with Crippen LogP contribution >= 0.6 is 0 Å². The predicted octanol–water partition coefficient (Wildman–Crippen LogP) is 5.02. The van der Waals surface area contributed by atoms with E-state index in [1.54, 1.807) is 4.90 Å². The molecule has 1 amide bonds. The number of hydrogen-bond donors (Lipinski definition) is 1. The van der Waals surface area contributed by atoms with Crippen LogP contribution < -0.4 is 9.80 Å². The normalized spacial score (nSPS) is 13.8. The van der Waals surface area contributed by atoms with Gasteiger partial charge in [0.1, 0.15) is 5.60 Å². The van der Waals surface area contributed by atoms with Crippen molar-refractivity contribution in [3.63, 3.8) is 0 Å². The molecule has 0 fully saturated rings. The van der Waals surface area contributed by atoms with E-state index >= 15 is 0 Å². The van der Waals surface area contributed by atoms with Crippen molar-refractivity contribution in [2.75, 3.05) is 29.4 Å². The molecule has 0 atom stereocenters. The summed E-state index contributed by atoms with van der Waals surface area (Å²) in [6, 6.07) is 4.11. The third-order valence-corrected chi connectivity index (χ3v) is 4.97. The summed E-state index contributed by atoms with van der Waals surface area (Å²) < 4.78 is 5.67. The van der Waals surface area contributed by atoms with E-state index in [2.05, 4.69) is 24.8 Å². The number of carbonyl (C=O) groups is 2. The largest absolute Gasteiger partial charge is 0.481 e. The summed E-state index contributed by atoms with van der Waals surface area (Å²) in [7, 11) is 0. The highest BCUT2D eigenvalue weighted by Crippen LogP contribution is 2.39. The molecule has 0 bridgehead atoms. The molecule has 162 valence electrons. The number of aryl methyl sites for hydroxylation is 1. The van der Waals surface area contributed by atoms with Gasteiger partial charge in [0.25, 0.3) is 0 Å². The maximum Gasteiger partial charge on any atom is 0.414 e. The zero-order valence-corrected chi connectivity index (χ0v) is 18.6. The summed E-state index contributed by atoms with van der Waals surface area (Å²) in [6.45, 7) is 12.4. The summed E-state index contributed by atoms with van der Waals surface area (Å²) in [5.74, 6) is -0.832. The van der Waals surface area contributed by atoms with Crippen molar-refractivity contribution in [3.8, 4) is 0 Å². The number of aliphatic carboxylic acids is 1. The molecule has 1 heterocycles. The second-order valence-corrected chi connectivity index (χ2v) is 8.69. The minimum absolute atomic E-state index is 0.0432. The molecule has 1 aliphatic heterocycles. The van der Waals surface area contributed by atoms with Crippen molar-refractivity contribution >= 4 is 23.4 Å². The lowest BCUT2D eigenvalue weighted by Crippen LogP contribution is -2.41. The molecule has 1 aromatic rings. The van der Waals surface area contributed by atoms with Gasteiger partial charge in [-0.25, -0.2) is 4.79 Å². The van der Waals surface area contributed by atoms with Crippen LogP contribution in [-0.4, -0.2) is 42.4 Å². The Morgan fingerprint density at radius 3 is 2.38 bits per heavy atom. The monoisotopic (exact) mass is 404 g/mol. The van der Waals surface area contributed by atoms with E-state index in [0.717, 1.165) is 61.3 Å². The van der Waals surface area contributed by atoms with Crippen LogP contribution in [-0.2, 0) is 22.4 Å². The van der Waals surface area contributed by atoms with Crippen LogP contribution in [0.3, 0.4) is 0 Å². The summed E-state index contributed by atoms with van der Waals surface area (Å²) in [6.07, 6.45) is 3.93. The Morgan fingerprint density at radius 2 is 1.83 bits per heavy atom. The van der Waals surface area contributed by atoms with Gasteiger partial charge in [0.2, 0.25) is 0 Å². The maximum atomic E-state index is 13.0. The number of carboxylic acid groups (broad SMARTS) is 1. The average Bonchev–Trinajstić information content (AvgIpc) is 2.64. The standard InChI is InChI=1S/C23H36N2O4/c1-6-14-24(15-7-2)19-12-10-17(11-13-20(26)27)21-18(19)9-8-16-25(21)22(28)29-23(3,4)5/h10,12H,6-9,11,13-16H2,1-5H3,(H,26,27). The van der Waals surface area contributed by atoms with Crippen LogP contribution in [0.5, 0.6) is 0 Å². The molecule has 0 saturated heterocycles. The van der Waals surface area contributed by atoms with Gasteiger partial charge in [-0.15, -0.1) is 0 Å². The zero-order valence-electron chi connectivity index (χ0n) is 18.6. The van der Waals surface area contributed by atoms with Crippen LogP contribution in [0.15, 0.2) is 12.1 Å². The number of anilines is 2. The molecule has 0 spiro atoms. The van der Waals surface area contributed by atoms with E-state index in [0.29, 0.717) is 13.0 Å². The molecule has 2 rings (SSSR count). The van der Waals surface area contributed by atoms with Crippen molar-refractivity contribution < 1.29 is 19.4 Å². The molecule has 29 heavy (non-hydrogen) atoms. The van der Waals surface area contributed by atoms with Crippen LogP contribution in [0, 0.1) is 0 Å². The van der Waals surface area contributed by atoms with Crippen LogP contribution in [0.4, 0.5) is 16.2 Å². The van der Waals surface area contributed by atoms with Gasteiger partial charge in [-0.1, -0.05) is 19.9 Å². The molecule has 1 aromatic carbocycles. The summed E-state index contributed by atoms with van der Waals surface area (Å²) in [5.41, 5.74) is 3.50. The molecular weight excluding hydrogens is 368 g/mol. The second-order valence-electron chi connectivity index (χ2n) is 8.69. The van der Waals surface area contributed by atoms with Crippen LogP contribution in [0.25, 0.3) is 0 Å². The first-order valence-electron chi connectivity index (χ1n) is 10.8. The topological polar surface area (TPSA) is 70.1 Å². The third-order valence-electron chi connectivity index (χ3n) is 4.97. The Labute approximate surface area is 174 Å². The fourth-order valence-corrected chi connectivity index (χ4v) is 3.91. The number of carboxylic acids is 1. The summed E-state index contributed by atoms with van der Waals surface area (Å²) >= 11 is 0. The van der Waals surface area contributed by atoms with Crippen molar-refractivity contribution in [1.29, 1.82) is 0 Å². The van der Waals surface area contributed by atoms with Gasteiger partial charge >= 0.3 is 12.1 Å². The first-order valence-corrected chi connectivity index (χ1v) is 10.8. The van der Waals surface area contributed by atoms with E-state index in [4.69, 9.17) is 4.74 Å². The SMILES string of the molecule is CCCN(CCC)c1ccc(CCC(=O)O)c2c1CCCN2C(=O)OC(C)(C)C. The van der Waals surface area contributed by atoms with Gasteiger partial charge in [-0.2, -0.15) is 0 Å². The first kappa shape index (κ1) is 23.0. The van der Waals surface area contributed by atoms with E-state index in [1.165, 1.54) is 0 Å². The van der Waals surface area contributed by atoms with E-state index < -0.39 is 11.6 Å². The smallest absolute Gasteiger partial charge is 0.414 e. The Hall–Kier alpha value is -2.24. The molecule has 6 nitrogen and oxygen atoms in total.